The molecular formula is C20H14N2O5. The zero-order chi connectivity index (χ0) is 19.6. The van der Waals surface area contributed by atoms with Crippen molar-refractivity contribution in [3.63, 3.8) is 0 Å². The fraction of sp³-hybridized carbons (Fsp3) is 0.100. The van der Waals surface area contributed by atoms with Gasteiger partial charge in [-0.05, 0) is 12.1 Å². The summed E-state index contributed by atoms with van der Waals surface area (Å²) in [6.07, 6.45) is 1.46. The molecule has 7 heteroatoms. The first-order chi connectivity index (χ1) is 13.0. The lowest BCUT2D eigenvalue weighted by molar-refractivity contribution is 0.0556. The van der Waals surface area contributed by atoms with E-state index in [4.69, 9.17) is 14.7 Å². The summed E-state index contributed by atoms with van der Waals surface area (Å²) >= 11 is 0. The van der Waals surface area contributed by atoms with Crippen molar-refractivity contribution in [2.45, 2.75) is 0 Å². The molecule has 0 spiro atoms. The van der Waals surface area contributed by atoms with Crippen LogP contribution in [0.15, 0.2) is 48.7 Å². The molecule has 7 nitrogen and oxygen atoms in total. The third-order valence-electron chi connectivity index (χ3n) is 4.10. The molecular weight excluding hydrogens is 348 g/mol. The third kappa shape index (κ3) is 2.93. The van der Waals surface area contributed by atoms with Gasteiger partial charge < -0.3 is 13.9 Å². The highest BCUT2D eigenvalue weighted by molar-refractivity contribution is 6.19. The molecule has 0 amide bonds. The van der Waals surface area contributed by atoms with E-state index >= 15 is 0 Å². The highest BCUT2D eigenvalue weighted by Gasteiger charge is 2.33. The van der Waals surface area contributed by atoms with Gasteiger partial charge in [-0.25, -0.2) is 9.59 Å². The number of aromatic nitrogens is 1. The van der Waals surface area contributed by atoms with Gasteiger partial charge in [0.05, 0.1) is 31.4 Å². The molecule has 0 radical (unpaired) electrons. The van der Waals surface area contributed by atoms with Crippen LogP contribution in [0.5, 0.6) is 0 Å². The van der Waals surface area contributed by atoms with Crippen LogP contribution in [-0.2, 0) is 9.47 Å². The molecule has 0 saturated carbocycles. The first-order valence-electron chi connectivity index (χ1n) is 7.88. The van der Waals surface area contributed by atoms with Gasteiger partial charge in [-0.3, -0.25) is 4.79 Å². The van der Waals surface area contributed by atoms with Crippen LogP contribution >= 0.6 is 0 Å². The lowest BCUT2D eigenvalue weighted by atomic mass is 10.0. The van der Waals surface area contributed by atoms with Crippen molar-refractivity contribution in [3.8, 4) is 6.07 Å². The lowest BCUT2D eigenvalue weighted by Crippen LogP contribution is -2.15. The summed E-state index contributed by atoms with van der Waals surface area (Å²) < 4.78 is 11.0. The molecule has 0 N–H and O–H groups in total. The summed E-state index contributed by atoms with van der Waals surface area (Å²) in [6, 6.07) is 13.2. The molecule has 1 aromatic carbocycles. The van der Waals surface area contributed by atoms with E-state index in [1.165, 1.54) is 29.8 Å². The van der Waals surface area contributed by atoms with Crippen LogP contribution in [0.2, 0.25) is 0 Å². The number of ether oxygens (including phenoxy) is 2. The summed E-state index contributed by atoms with van der Waals surface area (Å²) in [5, 5.41) is 9.17. The number of carbonyl (C=O) groups is 3. The van der Waals surface area contributed by atoms with E-state index in [2.05, 4.69) is 0 Å². The topological polar surface area (TPSA) is 97.9 Å². The Bertz CT molecular complexity index is 1110. The number of nitrogens with zero attached hydrogens (tertiary/aromatic N) is 2. The maximum absolute atomic E-state index is 13.1. The fourth-order valence-electron chi connectivity index (χ4n) is 2.88. The van der Waals surface area contributed by atoms with Crippen LogP contribution in [0, 0.1) is 11.3 Å². The van der Waals surface area contributed by atoms with Gasteiger partial charge in [0.2, 0.25) is 5.78 Å². The molecule has 27 heavy (non-hydrogen) atoms. The van der Waals surface area contributed by atoms with Crippen LogP contribution in [0.1, 0.15) is 42.3 Å². The first-order valence-corrected chi connectivity index (χ1v) is 7.88. The second kappa shape index (κ2) is 7.14. The van der Waals surface area contributed by atoms with Gasteiger partial charge in [-0.15, -0.1) is 0 Å². The van der Waals surface area contributed by atoms with Gasteiger partial charge >= 0.3 is 11.9 Å². The minimum absolute atomic E-state index is 0.0343. The Hall–Kier alpha value is -3.92. The Morgan fingerprint density at radius 3 is 2.19 bits per heavy atom. The van der Waals surface area contributed by atoms with Gasteiger partial charge in [-0.1, -0.05) is 30.3 Å². The van der Waals surface area contributed by atoms with Crippen LogP contribution in [0.4, 0.5) is 0 Å². The third-order valence-corrected chi connectivity index (χ3v) is 4.10. The van der Waals surface area contributed by atoms with Gasteiger partial charge in [-0.2, -0.15) is 5.26 Å². The molecule has 0 aliphatic rings. The number of benzene rings is 1. The summed E-state index contributed by atoms with van der Waals surface area (Å²) in [5.74, 6) is -2.13. The average Bonchev–Trinajstić information content (AvgIpc) is 3.06. The summed E-state index contributed by atoms with van der Waals surface area (Å²) in [7, 11) is 2.32. The van der Waals surface area contributed by atoms with E-state index in [0.717, 1.165) is 7.11 Å². The monoisotopic (exact) mass is 362 g/mol. The van der Waals surface area contributed by atoms with E-state index in [1.54, 1.807) is 30.3 Å². The number of pyridine rings is 1. The van der Waals surface area contributed by atoms with E-state index < -0.39 is 17.7 Å². The summed E-state index contributed by atoms with van der Waals surface area (Å²) in [4.78, 5) is 38.0. The molecule has 0 aliphatic carbocycles. The van der Waals surface area contributed by atoms with E-state index in [0.29, 0.717) is 5.56 Å². The van der Waals surface area contributed by atoms with Crippen LogP contribution in [0.3, 0.4) is 0 Å². The number of fused-ring (bicyclic) bond motifs is 1. The number of hydrogen-bond acceptors (Lipinski definition) is 6. The fourth-order valence-corrected chi connectivity index (χ4v) is 2.88. The normalized spacial score (nSPS) is 10.3. The molecule has 2 heterocycles. The highest BCUT2D eigenvalue weighted by Crippen LogP contribution is 2.28. The maximum Gasteiger partial charge on any atom is 0.341 e. The van der Waals surface area contributed by atoms with Crippen molar-refractivity contribution in [2.24, 2.45) is 0 Å². The zero-order valence-electron chi connectivity index (χ0n) is 14.6. The Balaban J connectivity index is 2.44. The van der Waals surface area contributed by atoms with Crippen molar-refractivity contribution in [1.29, 1.82) is 5.26 Å². The molecule has 134 valence electrons. The average molecular weight is 362 g/mol. The van der Waals surface area contributed by atoms with Crippen molar-refractivity contribution < 1.29 is 23.9 Å². The van der Waals surface area contributed by atoms with E-state index in [1.807, 2.05) is 6.07 Å². The molecule has 3 aromatic rings. The second-order valence-corrected chi connectivity index (χ2v) is 5.56. The Labute approximate surface area is 154 Å². The minimum Gasteiger partial charge on any atom is -0.465 e. The van der Waals surface area contributed by atoms with Crippen molar-refractivity contribution in [1.82, 2.24) is 4.40 Å². The molecule has 0 saturated heterocycles. The Morgan fingerprint density at radius 1 is 0.963 bits per heavy atom. The van der Waals surface area contributed by atoms with Gasteiger partial charge in [0.25, 0.3) is 0 Å². The summed E-state index contributed by atoms with van der Waals surface area (Å²) in [6.45, 7) is 0. The number of esters is 2. The van der Waals surface area contributed by atoms with Crippen LogP contribution in [-0.4, -0.2) is 36.3 Å². The van der Waals surface area contributed by atoms with Crippen molar-refractivity contribution >= 4 is 23.2 Å². The molecule has 0 atom stereocenters. The van der Waals surface area contributed by atoms with Gasteiger partial charge in [0, 0.05) is 11.8 Å². The minimum atomic E-state index is -0.850. The van der Waals surface area contributed by atoms with E-state index in [-0.39, 0.29) is 27.9 Å². The zero-order valence-corrected chi connectivity index (χ0v) is 14.6. The smallest absolute Gasteiger partial charge is 0.341 e. The first kappa shape index (κ1) is 17.9. The second-order valence-electron chi connectivity index (χ2n) is 5.56. The maximum atomic E-state index is 13.1. The van der Waals surface area contributed by atoms with Crippen LogP contribution in [0.25, 0.3) is 5.52 Å². The van der Waals surface area contributed by atoms with Gasteiger partial charge in [0.15, 0.2) is 0 Å². The SMILES string of the molecule is COC(=O)c1c(C(=O)OC)c2cc(C#N)ccn2c1C(=O)c1ccccc1. The van der Waals surface area contributed by atoms with Crippen molar-refractivity contribution in [2.75, 3.05) is 14.2 Å². The Morgan fingerprint density at radius 2 is 1.59 bits per heavy atom. The molecule has 0 unspecified atom stereocenters. The van der Waals surface area contributed by atoms with Crippen LogP contribution < -0.4 is 0 Å². The number of methoxy groups -OCH3 is 2. The number of hydrogen-bond donors (Lipinski definition) is 0. The predicted octanol–water partition coefficient (Wildman–Crippen LogP) is 2.62. The lowest BCUT2D eigenvalue weighted by Gasteiger charge is -2.06. The van der Waals surface area contributed by atoms with E-state index in [9.17, 15) is 14.4 Å². The number of carbonyl (C=O) groups excluding carboxylic acids is 3. The molecule has 3 rings (SSSR count). The molecule has 0 fully saturated rings. The molecule has 0 bridgehead atoms. The van der Waals surface area contributed by atoms with Crippen molar-refractivity contribution in [3.05, 3.63) is 76.6 Å². The number of rotatable bonds is 4. The summed E-state index contributed by atoms with van der Waals surface area (Å²) in [5.41, 5.74) is 0.450. The standard InChI is InChI=1S/C20H14N2O5/c1-26-19(24)15-14-10-12(11-21)8-9-22(14)17(16(15)20(25)27-2)18(23)13-6-4-3-5-7-13/h3-10H,1-2H3. The number of ketones is 1. The quantitative estimate of drug-likeness (QED) is 0.523. The highest BCUT2D eigenvalue weighted by atomic mass is 16.5. The number of nitriles is 1. The molecule has 2 aromatic heterocycles. The Kier molecular flexibility index (Phi) is 4.73. The largest absolute Gasteiger partial charge is 0.465 e. The molecule has 0 aliphatic heterocycles. The van der Waals surface area contributed by atoms with Gasteiger partial charge in [0.1, 0.15) is 16.8 Å². The predicted molar refractivity (Wildman–Crippen MR) is 94.7 cm³/mol.